The molecule has 1 aliphatic heterocycles. The Morgan fingerprint density at radius 3 is 2.71 bits per heavy atom. The molecule has 1 fully saturated rings. The minimum absolute atomic E-state index is 0.0648. The van der Waals surface area contributed by atoms with Gasteiger partial charge in [-0.2, -0.15) is 0 Å². The fourth-order valence-corrected chi connectivity index (χ4v) is 1.66. The van der Waals surface area contributed by atoms with Crippen LogP contribution in [0.3, 0.4) is 0 Å². The molecular formula is C12H24N2O3. The molecule has 0 aromatic rings. The Hall–Kier alpha value is -0.650. The lowest BCUT2D eigenvalue weighted by Crippen LogP contribution is -2.44. The molecule has 0 aromatic carbocycles. The highest BCUT2D eigenvalue weighted by Gasteiger charge is 2.23. The summed E-state index contributed by atoms with van der Waals surface area (Å²) in [5.41, 5.74) is 5.22. The first-order valence-electron chi connectivity index (χ1n) is 6.31. The standard InChI is InChI=1S/C12H24N2O3/c1-3-12(2,9-13)17-8-11(15)14-10-4-6-16-7-5-10/h10H,3-9,13H2,1-2H3,(H,14,15). The van der Waals surface area contributed by atoms with Gasteiger partial charge in [-0.05, 0) is 26.2 Å². The van der Waals surface area contributed by atoms with Crippen molar-refractivity contribution in [1.29, 1.82) is 0 Å². The predicted molar refractivity (Wildman–Crippen MR) is 65.7 cm³/mol. The smallest absolute Gasteiger partial charge is 0.246 e. The summed E-state index contributed by atoms with van der Waals surface area (Å²) < 4.78 is 10.8. The second kappa shape index (κ2) is 6.93. The van der Waals surface area contributed by atoms with Gasteiger partial charge in [0.05, 0.1) is 5.60 Å². The van der Waals surface area contributed by atoms with E-state index in [-0.39, 0.29) is 18.6 Å². The van der Waals surface area contributed by atoms with E-state index >= 15 is 0 Å². The molecule has 0 radical (unpaired) electrons. The Bertz CT molecular complexity index is 236. The minimum atomic E-state index is -0.396. The summed E-state index contributed by atoms with van der Waals surface area (Å²) >= 11 is 0. The third-order valence-corrected chi connectivity index (χ3v) is 3.32. The Labute approximate surface area is 103 Å². The van der Waals surface area contributed by atoms with Crippen molar-refractivity contribution in [3.8, 4) is 0 Å². The molecule has 3 N–H and O–H groups in total. The molecule has 1 amide bonds. The first-order valence-corrected chi connectivity index (χ1v) is 6.31. The maximum atomic E-state index is 11.7. The van der Waals surface area contributed by atoms with Crippen LogP contribution in [0.4, 0.5) is 0 Å². The van der Waals surface area contributed by atoms with E-state index in [9.17, 15) is 4.79 Å². The van der Waals surface area contributed by atoms with Crippen LogP contribution in [0, 0.1) is 0 Å². The molecule has 0 spiro atoms. The van der Waals surface area contributed by atoms with Gasteiger partial charge in [-0.15, -0.1) is 0 Å². The lowest BCUT2D eigenvalue weighted by molar-refractivity contribution is -0.133. The zero-order chi connectivity index (χ0) is 12.7. The van der Waals surface area contributed by atoms with Crippen LogP contribution in [-0.4, -0.2) is 43.9 Å². The zero-order valence-electron chi connectivity index (χ0n) is 10.8. The van der Waals surface area contributed by atoms with Crippen molar-refractivity contribution in [3.05, 3.63) is 0 Å². The van der Waals surface area contributed by atoms with Crippen molar-refractivity contribution in [2.24, 2.45) is 5.73 Å². The number of ether oxygens (including phenoxy) is 2. The molecule has 0 saturated carbocycles. The first-order chi connectivity index (χ1) is 8.09. The molecule has 1 unspecified atom stereocenters. The Kier molecular flexibility index (Phi) is 5.88. The molecule has 0 bridgehead atoms. The summed E-state index contributed by atoms with van der Waals surface area (Å²) in [6.07, 6.45) is 2.56. The summed E-state index contributed by atoms with van der Waals surface area (Å²) in [5, 5.41) is 2.95. The number of rotatable bonds is 6. The number of carbonyl (C=O) groups is 1. The van der Waals surface area contributed by atoms with Crippen LogP contribution < -0.4 is 11.1 Å². The zero-order valence-corrected chi connectivity index (χ0v) is 10.8. The van der Waals surface area contributed by atoms with E-state index in [0.29, 0.717) is 6.54 Å². The maximum absolute atomic E-state index is 11.7. The van der Waals surface area contributed by atoms with Gasteiger partial charge in [-0.25, -0.2) is 0 Å². The van der Waals surface area contributed by atoms with Gasteiger partial charge in [0.2, 0.25) is 5.91 Å². The van der Waals surface area contributed by atoms with Gasteiger partial charge in [0, 0.05) is 25.8 Å². The van der Waals surface area contributed by atoms with Crippen LogP contribution in [0.2, 0.25) is 0 Å². The van der Waals surface area contributed by atoms with E-state index in [1.807, 2.05) is 13.8 Å². The molecule has 0 aromatic heterocycles. The van der Waals surface area contributed by atoms with Gasteiger partial charge in [0.1, 0.15) is 6.61 Å². The SMILES string of the molecule is CCC(C)(CN)OCC(=O)NC1CCOCC1. The van der Waals surface area contributed by atoms with Gasteiger partial charge < -0.3 is 20.5 Å². The minimum Gasteiger partial charge on any atom is -0.381 e. The molecule has 5 heteroatoms. The average molecular weight is 244 g/mol. The number of hydrogen-bond acceptors (Lipinski definition) is 4. The van der Waals surface area contributed by atoms with E-state index < -0.39 is 5.60 Å². The van der Waals surface area contributed by atoms with Crippen LogP contribution in [0.5, 0.6) is 0 Å². The molecular weight excluding hydrogens is 220 g/mol. The Balaban J connectivity index is 2.24. The quantitative estimate of drug-likeness (QED) is 0.710. The number of nitrogens with one attached hydrogen (secondary N) is 1. The highest BCUT2D eigenvalue weighted by atomic mass is 16.5. The third kappa shape index (κ3) is 5.02. The highest BCUT2D eigenvalue weighted by molar-refractivity contribution is 5.77. The van der Waals surface area contributed by atoms with E-state index in [0.717, 1.165) is 32.5 Å². The van der Waals surface area contributed by atoms with Crippen LogP contribution in [0.1, 0.15) is 33.1 Å². The van der Waals surface area contributed by atoms with E-state index in [1.165, 1.54) is 0 Å². The van der Waals surface area contributed by atoms with Crippen molar-refractivity contribution < 1.29 is 14.3 Å². The van der Waals surface area contributed by atoms with Crippen LogP contribution in [0.15, 0.2) is 0 Å². The normalized spacial score (nSPS) is 20.9. The molecule has 5 nitrogen and oxygen atoms in total. The topological polar surface area (TPSA) is 73.6 Å². The fraction of sp³-hybridized carbons (Fsp3) is 0.917. The summed E-state index contributed by atoms with van der Waals surface area (Å²) in [4.78, 5) is 11.7. The molecule has 17 heavy (non-hydrogen) atoms. The number of nitrogens with two attached hydrogens (primary N) is 1. The molecule has 1 saturated heterocycles. The molecule has 0 aliphatic carbocycles. The van der Waals surface area contributed by atoms with Crippen molar-refractivity contribution in [1.82, 2.24) is 5.32 Å². The second-order valence-electron chi connectivity index (χ2n) is 4.75. The average Bonchev–Trinajstić information content (AvgIpc) is 2.37. The lowest BCUT2D eigenvalue weighted by atomic mass is 10.0. The Morgan fingerprint density at radius 2 is 2.18 bits per heavy atom. The van der Waals surface area contributed by atoms with E-state index in [1.54, 1.807) is 0 Å². The number of hydrogen-bond donors (Lipinski definition) is 2. The number of carbonyl (C=O) groups excluding carboxylic acids is 1. The molecule has 1 heterocycles. The van der Waals surface area contributed by atoms with Gasteiger partial charge in [0.25, 0.3) is 0 Å². The predicted octanol–water partition coefficient (Wildman–Crippen LogP) is 0.426. The maximum Gasteiger partial charge on any atom is 0.246 e. The van der Waals surface area contributed by atoms with Crippen molar-refractivity contribution in [2.45, 2.75) is 44.8 Å². The summed E-state index contributed by atoms with van der Waals surface area (Å²) in [5.74, 6) is -0.0648. The Morgan fingerprint density at radius 1 is 1.53 bits per heavy atom. The fourth-order valence-electron chi connectivity index (χ4n) is 1.66. The van der Waals surface area contributed by atoms with Crippen LogP contribution in [-0.2, 0) is 14.3 Å². The second-order valence-corrected chi connectivity index (χ2v) is 4.75. The molecule has 100 valence electrons. The van der Waals surface area contributed by atoms with Crippen molar-refractivity contribution in [2.75, 3.05) is 26.4 Å². The summed E-state index contributed by atoms with van der Waals surface area (Å²) in [6, 6.07) is 0.227. The lowest BCUT2D eigenvalue weighted by Gasteiger charge is -2.28. The van der Waals surface area contributed by atoms with Gasteiger partial charge >= 0.3 is 0 Å². The van der Waals surface area contributed by atoms with Gasteiger partial charge in [-0.3, -0.25) is 4.79 Å². The van der Waals surface area contributed by atoms with Gasteiger partial charge in [0.15, 0.2) is 0 Å². The molecule has 1 rings (SSSR count). The largest absolute Gasteiger partial charge is 0.381 e. The molecule has 1 aliphatic rings. The summed E-state index contributed by atoms with van der Waals surface area (Å²) in [7, 11) is 0. The number of amides is 1. The van der Waals surface area contributed by atoms with Crippen LogP contribution >= 0.6 is 0 Å². The summed E-state index contributed by atoms with van der Waals surface area (Å²) in [6.45, 7) is 5.88. The monoisotopic (exact) mass is 244 g/mol. The first kappa shape index (κ1) is 14.4. The highest BCUT2D eigenvalue weighted by Crippen LogP contribution is 2.13. The van der Waals surface area contributed by atoms with Crippen molar-refractivity contribution >= 4 is 5.91 Å². The molecule has 1 atom stereocenters. The van der Waals surface area contributed by atoms with Gasteiger partial charge in [-0.1, -0.05) is 6.92 Å². The van der Waals surface area contributed by atoms with Crippen LogP contribution in [0.25, 0.3) is 0 Å². The van der Waals surface area contributed by atoms with Crippen molar-refractivity contribution in [3.63, 3.8) is 0 Å². The third-order valence-electron chi connectivity index (χ3n) is 3.32. The van der Waals surface area contributed by atoms with E-state index in [2.05, 4.69) is 5.32 Å². The van der Waals surface area contributed by atoms with E-state index in [4.69, 9.17) is 15.2 Å².